The zero-order chi connectivity index (χ0) is 20.6. The topological polar surface area (TPSA) is 86.2 Å². The van der Waals surface area contributed by atoms with Crippen LogP contribution in [0.4, 0.5) is 0 Å². The standard InChI is InChI=1S/C22H24N4O3/c1-4-15(2)25-22(27)19-13-24-20(26-21(19)16-9-11-23-12-10-16)14-29-18-7-5-17(28-3)6-8-18/h5-13,15H,4,14H2,1-3H3,(H,25,27). The van der Waals surface area contributed by atoms with Gasteiger partial charge in [-0.05, 0) is 49.7 Å². The average molecular weight is 392 g/mol. The Kier molecular flexibility index (Phi) is 6.73. The second-order valence-electron chi connectivity index (χ2n) is 6.53. The van der Waals surface area contributed by atoms with Gasteiger partial charge >= 0.3 is 0 Å². The Balaban J connectivity index is 1.84. The first kappa shape index (κ1) is 20.3. The van der Waals surface area contributed by atoms with Crippen molar-refractivity contribution in [2.24, 2.45) is 0 Å². The van der Waals surface area contributed by atoms with Gasteiger partial charge in [0.15, 0.2) is 5.82 Å². The summed E-state index contributed by atoms with van der Waals surface area (Å²) in [6.45, 7) is 4.16. The summed E-state index contributed by atoms with van der Waals surface area (Å²) in [4.78, 5) is 25.7. The number of nitrogens with zero attached hydrogens (tertiary/aromatic N) is 3. The third kappa shape index (κ3) is 5.28. The van der Waals surface area contributed by atoms with Gasteiger partial charge in [-0.1, -0.05) is 6.92 Å². The van der Waals surface area contributed by atoms with Crippen molar-refractivity contribution >= 4 is 5.91 Å². The third-order valence-corrected chi connectivity index (χ3v) is 4.45. The summed E-state index contributed by atoms with van der Waals surface area (Å²) >= 11 is 0. The van der Waals surface area contributed by atoms with Crippen LogP contribution in [0.2, 0.25) is 0 Å². The van der Waals surface area contributed by atoms with Crippen molar-refractivity contribution in [3.63, 3.8) is 0 Å². The van der Waals surface area contributed by atoms with E-state index in [9.17, 15) is 4.79 Å². The number of ether oxygens (including phenoxy) is 2. The van der Waals surface area contributed by atoms with Gasteiger partial charge in [-0.15, -0.1) is 0 Å². The summed E-state index contributed by atoms with van der Waals surface area (Å²) in [7, 11) is 1.61. The number of rotatable bonds is 8. The van der Waals surface area contributed by atoms with Crippen LogP contribution in [-0.2, 0) is 6.61 Å². The van der Waals surface area contributed by atoms with Gasteiger partial charge in [0, 0.05) is 30.2 Å². The summed E-state index contributed by atoms with van der Waals surface area (Å²) in [5.41, 5.74) is 1.77. The molecule has 0 aliphatic carbocycles. The highest BCUT2D eigenvalue weighted by molar-refractivity contribution is 5.99. The van der Waals surface area contributed by atoms with E-state index in [1.54, 1.807) is 25.7 Å². The molecule has 7 heteroatoms. The fraction of sp³-hybridized carbons (Fsp3) is 0.273. The average Bonchev–Trinajstić information content (AvgIpc) is 2.78. The lowest BCUT2D eigenvalue weighted by atomic mass is 10.1. The SMILES string of the molecule is CCC(C)NC(=O)c1cnc(COc2ccc(OC)cc2)nc1-c1ccncc1. The number of benzene rings is 1. The number of pyridine rings is 1. The van der Waals surface area contributed by atoms with Gasteiger partial charge in [0.05, 0.1) is 18.4 Å². The van der Waals surface area contributed by atoms with Crippen molar-refractivity contribution in [3.8, 4) is 22.8 Å². The van der Waals surface area contributed by atoms with Gasteiger partial charge in [-0.3, -0.25) is 9.78 Å². The molecule has 0 spiro atoms. The molecule has 7 nitrogen and oxygen atoms in total. The molecule has 1 N–H and O–H groups in total. The smallest absolute Gasteiger partial charge is 0.255 e. The number of methoxy groups -OCH3 is 1. The van der Waals surface area contributed by atoms with Gasteiger partial charge in [0.1, 0.15) is 18.1 Å². The molecular formula is C22H24N4O3. The van der Waals surface area contributed by atoms with Gasteiger partial charge < -0.3 is 14.8 Å². The predicted molar refractivity (Wildman–Crippen MR) is 110 cm³/mol. The number of aromatic nitrogens is 3. The maximum Gasteiger partial charge on any atom is 0.255 e. The molecule has 1 amide bonds. The van der Waals surface area contributed by atoms with Crippen LogP contribution in [0.3, 0.4) is 0 Å². The predicted octanol–water partition coefficient (Wildman–Crippen LogP) is 3.65. The highest BCUT2D eigenvalue weighted by Crippen LogP contribution is 2.22. The number of hydrogen-bond donors (Lipinski definition) is 1. The Morgan fingerprint density at radius 2 is 1.79 bits per heavy atom. The molecule has 0 aliphatic rings. The van der Waals surface area contributed by atoms with E-state index in [1.807, 2.05) is 50.2 Å². The van der Waals surface area contributed by atoms with Crippen LogP contribution in [0.15, 0.2) is 55.0 Å². The Morgan fingerprint density at radius 3 is 2.45 bits per heavy atom. The van der Waals surface area contributed by atoms with E-state index in [-0.39, 0.29) is 18.6 Å². The second kappa shape index (κ2) is 9.64. The molecule has 150 valence electrons. The van der Waals surface area contributed by atoms with E-state index in [2.05, 4.69) is 20.3 Å². The summed E-state index contributed by atoms with van der Waals surface area (Å²) in [6.07, 6.45) is 5.72. The molecule has 0 fully saturated rings. The lowest BCUT2D eigenvalue weighted by Gasteiger charge is -2.14. The summed E-state index contributed by atoms with van der Waals surface area (Å²) < 4.78 is 10.9. The van der Waals surface area contributed by atoms with Crippen LogP contribution in [0, 0.1) is 0 Å². The fourth-order valence-electron chi connectivity index (χ4n) is 2.61. The van der Waals surface area contributed by atoms with Crippen molar-refractivity contribution in [1.29, 1.82) is 0 Å². The van der Waals surface area contributed by atoms with E-state index in [1.165, 1.54) is 0 Å². The first-order valence-electron chi connectivity index (χ1n) is 9.44. The number of amides is 1. The Labute approximate surface area is 170 Å². The lowest BCUT2D eigenvalue weighted by molar-refractivity contribution is 0.0939. The molecule has 0 aliphatic heterocycles. The fourth-order valence-corrected chi connectivity index (χ4v) is 2.61. The molecular weight excluding hydrogens is 368 g/mol. The molecule has 0 bridgehead atoms. The number of carbonyl (C=O) groups is 1. The van der Waals surface area contributed by atoms with Crippen molar-refractivity contribution in [2.45, 2.75) is 32.9 Å². The molecule has 0 radical (unpaired) electrons. The first-order chi connectivity index (χ1) is 14.1. The lowest BCUT2D eigenvalue weighted by Crippen LogP contribution is -2.32. The Morgan fingerprint density at radius 1 is 1.10 bits per heavy atom. The molecule has 29 heavy (non-hydrogen) atoms. The molecule has 1 aromatic carbocycles. The normalized spacial score (nSPS) is 11.6. The van der Waals surface area contributed by atoms with Crippen molar-refractivity contribution in [1.82, 2.24) is 20.3 Å². The zero-order valence-corrected chi connectivity index (χ0v) is 16.8. The highest BCUT2D eigenvalue weighted by Gasteiger charge is 2.18. The molecule has 1 unspecified atom stereocenters. The molecule has 3 rings (SSSR count). The minimum absolute atomic E-state index is 0.0610. The van der Waals surface area contributed by atoms with Crippen LogP contribution in [0.25, 0.3) is 11.3 Å². The maximum atomic E-state index is 12.7. The van der Waals surface area contributed by atoms with Crippen molar-refractivity contribution in [3.05, 3.63) is 66.4 Å². The molecule has 2 aromatic heterocycles. The van der Waals surface area contributed by atoms with Gasteiger partial charge in [0.2, 0.25) is 0 Å². The van der Waals surface area contributed by atoms with E-state index in [0.717, 1.165) is 17.7 Å². The minimum atomic E-state index is -0.200. The van der Waals surface area contributed by atoms with Crippen LogP contribution >= 0.6 is 0 Å². The maximum absolute atomic E-state index is 12.7. The van der Waals surface area contributed by atoms with Crippen LogP contribution in [-0.4, -0.2) is 34.0 Å². The molecule has 3 aromatic rings. The quantitative estimate of drug-likeness (QED) is 0.630. The number of hydrogen-bond acceptors (Lipinski definition) is 6. The number of nitrogens with one attached hydrogen (secondary N) is 1. The zero-order valence-electron chi connectivity index (χ0n) is 16.8. The third-order valence-electron chi connectivity index (χ3n) is 4.45. The van der Waals surface area contributed by atoms with Crippen LogP contribution in [0.1, 0.15) is 36.5 Å². The number of carbonyl (C=O) groups excluding carboxylic acids is 1. The monoisotopic (exact) mass is 392 g/mol. The first-order valence-corrected chi connectivity index (χ1v) is 9.44. The van der Waals surface area contributed by atoms with E-state index < -0.39 is 0 Å². The molecule has 1 atom stereocenters. The Hall–Kier alpha value is -3.48. The van der Waals surface area contributed by atoms with Crippen molar-refractivity contribution < 1.29 is 14.3 Å². The van der Waals surface area contributed by atoms with Gasteiger partial charge in [-0.2, -0.15) is 0 Å². The van der Waals surface area contributed by atoms with Gasteiger partial charge in [0.25, 0.3) is 5.91 Å². The Bertz CT molecular complexity index is 946. The van der Waals surface area contributed by atoms with Gasteiger partial charge in [-0.25, -0.2) is 9.97 Å². The van der Waals surface area contributed by atoms with Crippen molar-refractivity contribution in [2.75, 3.05) is 7.11 Å². The summed E-state index contributed by atoms with van der Waals surface area (Å²) in [5.74, 6) is 1.71. The minimum Gasteiger partial charge on any atom is -0.497 e. The van der Waals surface area contributed by atoms with E-state index >= 15 is 0 Å². The second-order valence-corrected chi connectivity index (χ2v) is 6.53. The van der Waals surface area contributed by atoms with E-state index in [0.29, 0.717) is 22.8 Å². The van der Waals surface area contributed by atoms with E-state index in [4.69, 9.17) is 9.47 Å². The molecule has 0 saturated heterocycles. The van der Waals surface area contributed by atoms with Crippen LogP contribution in [0.5, 0.6) is 11.5 Å². The summed E-state index contributed by atoms with van der Waals surface area (Å²) in [6, 6.07) is 11.0. The molecule has 0 saturated carbocycles. The molecule has 2 heterocycles. The highest BCUT2D eigenvalue weighted by atomic mass is 16.5. The van der Waals surface area contributed by atoms with Crippen LogP contribution < -0.4 is 14.8 Å². The largest absolute Gasteiger partial charge is 0.497 e. The summed E-state index contributed by atoms with van der Waals surface area (Å²) in [5, 5.41) is 2.97.